The van der Waals surface area contributed by atoms with Gasteiger partial charge in [-0.2, -0.15) is 4.98 Å². The van der Waals surface area contributed by atoms with Gasteiger partial charge in [0.15, 0.2) is 5.82 Å². The molecule has 0 aromatic carbocycles. The van der Waals surface area contributed by atoms with Gasteiger partial charge in [0.05, 0.1) is 6.04 Å². The second-order valence-electron chi connectivity index (χ2n) is 3.77. The number of piperidine rings is 1. The minimum absolute atomic E-state index is 0.180. The molecule has 0 saturated carbocycles. The minimum Gasteiger partial charge on any atom is -0.427 e. The Hall–Kier alpha value is -0.875. The van der Waals surface area contributed by atoms with Crippen molar-refractivity contribution in [2.24, 2.45) is 0 Å². The summed E-state index contributed by atoms with van der Waals surface area (Å²) >= 11 is 0. The normalized spacial score (nSPS) is 22.9. The second kappa shape index (κ2) is 4.76. The van der Waals surface area contributed by atoms with Crippen LogP contribution in [0, 0.1) is 6.92 Å². The smallest absolute Gasteiger partial charge is 0.399 e. The van der Waals surface area contributed by atoms with Gasteiger partial charge >= 0.3 is 7.62 Å². The molecular weight excluding hydrogens is 193 g/mol. The van der Waals surface area contributed by atoms with Crippen molar-refractivity contribution in [1.29, 1.82) is 0 Å². The van der Waals surface area contributed by atoms with Crippen LogP contribution in [0.1, 0.15) is 37.0 Å². The number of aryl methyl sites for hydroxylation is 1. The Balaban J connectivity index is 2.10. The maximum Gasteiger partial charge on any atom is 0.399 e. The van der Waals surface area contributed by atoms with Crippen molar-refractivity contribution in [3.63, 3.8) is 0 Å². The Morgan fingerprint density at radius 3 is 3.07 bits per heavy atom. The lowest BCUT2D eigenvalue weighted by molar-refractivity contribution is 0.184. The van der Waals surface area contributed by atoms with E-state index in [4.69, 9.17) is 9.18 Å². The van der Waals surface area contributed by atoms with Crippen molar-refractivity contribution in [3.8, 4) is 0 Å². The van der Waals surface area contributed by atoms with E-state index in [0.29, 0.717) is 11.7 Å². The zero-order valence-electron chi connectivity index (χ0n) is 9.14. The van der Waals surface area contributed by atoms with Gasteiger partial charge < -0.3 is 14.0 Å². The lowest BCUT2D eigenvalue weighted by atomic mass is 9.96. The molecule has 0 amide bonds. The topological polar surface area (TPSA) is 51.4 Å². The predicted octanol–water partition coefficient (Wildman–Crippen LogP) is 1.09. The van der Waals surface area contributed by atoms with Crippen LogP contribution in [0.5, 0.6) is 0 Å². The molecule has 2 rings (SSSR count). The zero-order valence-corrected chi connectivity index (χ0v) is 9.14. The quantitative estimate of drug-likeness (QED) is 0.695. The molecule has 0 bridgehead atoms. The van der Waals surface area contributed by atoms with Gasteiger partial charge in [-0.1, -0.05) is 11.6 Å². The van der Waals surface area contributed by atoms with Gasteiger partial charge in [0.1, 0.15) is 0 Å². The SMILES string of the molecule is CO[B]N1CCCCC1c1nc(C)no1. The van der Waals surface area contributed by atoms with Crippen LogP contribution in [0.2, 0.25) is 0 Å². The third-order valence-electron chi connectivity index (χ3n) is 2.61. The standard InChI is InChI=1S/C9H15BN3O2/c1-7-11-9(15-12-7)8-5-3-4-6-13(8)10-14-2/h8H,3-6H2,1-2H3. The first-order chi connectivity index (χ1) is 7.31. The molecule has 1 aliphatic rings. The lowest BCUT2D eigenvalue weighted by Gasteiger charge is -2.31. The molecule has 6 heteroatoms. The van der Waals surface area contributed by atoms with Gasteiger partial charge in [-0.15, -0.1) is 0 Å². The fraction of sp³-hybridized carbons (Fsp3) is 0.778. The van der Waals surface area contributed by atoms with Crippen molar-refractivity contribution < 1.29 is 9.18 Å². The maximum absolute atomic E-state index is 5.20. The number of hydrogen-bond acceptors (Lipinski definition) is 5. The molecule has 5 nitrogen and oxygen atoms in total. The van der Waals surface area contributed by atoms with E-state index >= 15 is 0 Å². The van der Waals surface area contributed by atoms with Crippen LogP contribution >= 0.6 is 0 Å². The third-order valence-corrected chi connectivity index (χ3v) is 2.61. The van der Waals surface area contributed by atoms with Crippen LogP contribution in [0.4, 0.5) is 0 Å². The molecule has 1 saturated heterocycles. The third kappa shape index (κ3) is 2.38. The molecule has 15 heavy (non-hydrogen) atoms. The van der Waals surface area contributed by atoms with Gasteiger partial charge in [0.2, 0.25) is 5.89 Å². The molecule has 1 fully saturated rings. The first-order valence-corrected chi connectivity index (χ1v) is 5.23. The van der Waals surface area contributed by atoms with Crippen LogP contribution < -0.4 is 0 Å². The average Bonchev–Trinajstić information content (AvgIpc) is 2.66. The molecule has 0 spiro atoms. The van der Waals surface area contributed by atoms with E-state index in [-0.39, 0.29) is 6.04 Å². The van der Waals surface area contributed by atoms with Crippen LogP contribution in [-0.2, 0) is 4.65 Å². The molecule has 1 radical (unpaired) electrons. The first-order valence-electron chi connectivity index (χ1n) is 5.23. The van der Waals surface area contributed by atoms with Crippen molar-refractivity contribution in [2.45, 2.75) is 32.2 Å². The van der Waals surface area contributed by atoms with E-state index in [1.807, 2.05) is 6.92 Å². The molecule has 2 heterocycles. The molecule has 1 aromatic heterocycles. The highest BCUT2D eigenvalue weighted by Gasteiger charge is 2.28. The number of rotatable bonds is 3. The van der Waals surface area contributed by atoms with E-state index in [2.05, 4.69) is 15.0 Å². The number of aromatic nitrogens is 2. The highest BCUT2D eigenvalue weighted by Crippen LogP contribution is 2.28. The Labute approximate surface area is 90.1 Å². The van der Waals surface area contributed by atoms with E-state index < -0.39 is 0 Å². The van der Waals surface area contributed by atoms with Crippen molar-refractivity contribution in [1.82, 2.24) is 15.0 Å². The monoisotopic (exact) mass is 208 g/mol. The minimum atomic E-state index is 0.180. The molecule has 0 aliphatic carbocycles. The highest BCUT2D eigenvalue weighted by molar-refractivity contribution is 6.23. The summed E-state index contributed by atoms with van der Waals surface area (Å²) in [6.45, 7) is 2.82. The Morgan fingerprint density at radius 1 is 1.53 bits per heavy atom. The van der Waals surface area contributed by atoms with E-state index in [1.54, 1.807) is 14.7 Å². The molecule has 0 N–H and O–H groups in total. The van der Waals surface area contributed by atoms with Gasteiger partial charge in [0, 0.05) is 7.11 Å². The molecular formula is C9H15BN3O2. The van der Waals surface area contributed by atoms with Crippen LogP contribution in [0.3, 0.4) is 0 Å². The summed E-state index contributed by atoms with van der Waals surface area (Å²) < 4.78 is 10.3. The summed E-state index contributed by atoms with van der Waals surface area (Å²) in [6, 6.07) is 0.180. The fourth-order valence-electron chi connectivity index (χ4n) is 1.93. The van der Waals surface area contributed by atoms with Crippen LogP contribution in [0.25, 0.3) is 0 Å². The largest absolute Gasteiger partial charge is 0.427 e. The Kier molecular flexibility index (Phi) is 3.38. The number of nitrogens with zero attached hydrogens (tertiary/aromatic N) is 3. The van der Waals surface area contributed by atoms with Gasteiger partial charge in [0.25, 0.3) is 0 Å². The first kappa shape index (κ1) is 10.6. The molecule has 81 valence electrons. The summed E-state index contributed by atoms with van der Waals surface area (Å²) in [5.74, 6) is 1.38. The highest BCUT2D eigenvalue weighted by atomic mass is 16.5. The van der Waals surface area contributed by atoms with Crippen LogP contribution in [0.15, 0.2) is 4.52 Å². The maximum atomic E-state index is 5.20. The summed E-state index contributed by atoms with van der Waals surface area (Å²) in [4.78, 5) is 6.39. The Morgan fingerprint density at radius 2 is 2.40 bits per heavy atom. The summed E-state index contributed by atoms with van der Waals surface area (Å²) in [5.41, 5.74) is 0. The van der Waals surface area contributed by atoms with E-state index in [0.717, 1.165) is 13.0 Å². The zero-order chi connectivity index (χ0) is 10.7. The van der Waals surface area contributed by atoms with Crippen molar-refractivity contribution >= 4 is 7.62 Å². The average molecular weight is 208 g/mol. The molecule has 1 aromatic rings. The van der Waals surface area contributed by atoms with Gasteiger partial charge in [-0.05, 0) is 26.3 Å². The van der Waals surface area contributed by atoms with E-state index in [9.17, 15) is 0 Å². The van der Waals surface area contributed by atoms with Gasteiger partial charge in [-0.3, -0.25) is 0 Å². The molecule has 1 atom stereocenters. The second-order valence-corrected chi connectivity index (χ2v) is 3.77. The molecule has 1 aliphatic heterocycles. The van der Waals surface area contributed by atoms with Crippen LogP contribution in [-0.4, -0.2) is 36.2 Å². The van der Waals surface area contributed by atoms with E-state index in [1.165, 1.54) is 12.8 Å². The van der Waals surface area contributed by atoms with Gasteiger partial charge in [-0.25, -0.2) is 0 Å². The summed E-state index contributed by atoms with van der Waals surface area (Å²) in [7, 11) is 3.40. The fourth-order valence-corrected chi connectivity index (χ4v) is 1.93. The number of hydrogen-bond donors (Lipinski definition) is 0. The summed E-state index contributed by atoms with van der Waals surface area (Å²) in [6.07, 6.45) is 3.42. The lowest BCUT2D eigenvalue weighted by Crippen LogP contribution is -2.37. The predicted molar refractivity (Wildman–Crippen MR) is 55.1 cm³/mol. The Bertz CT molecular complexity index is 316. The van der Waals surface area contributed by atoms with Crippen molar-refractivity contribution in [3.05, 3.63) is 11.7 Å². The molecule has 1 unspecified atom stereocenters. The summed E-state index contributed by atoms with van der Waals surface area (Å²) in [5, 5.41) is 3.82. The van der Waals surface area contributed by atoms with Crippen molar-refractivity contribution in [2.75, 3.05) is 13.7 Å².